The van der Waals surface area contributed by atoms with Crippen molar-refractivity contribution in [2.75, 3.05) is 0 Å². The smallest absolute Gasteiger partial charge is 0.264 e. The number of nitrogens with zero attached hydrogens (tertiary/aromatic N) is 3. The van der Waals surface area contributed by atoms with E-state index in [0.717, 1.165) is 55.1 Å². The zero-order chi connectivity index (χ0) is 28.2. The summed E-state index contributed by atoms with van der Waals surface area (Å²) in [4.78, 5) is 19.3. The molecule has 42 heavy (non-hydrogen) atoms. The predicted octanol–water partition coefficient (Wildman–Crippen LogP) is 8.39. The molecule has 0 fully saturated rings. The average Bonchev–Trinajstić information content (AvgIpc) is 3.42. The Labute approximate surface area is 241 Å². The van der Waals surface area contributed by atoms with Crippen LogP contribution < -0.4 is 5.56 Å². The van der Waals surface area contributed by atoms with Crippen molar-refractivity contribution >= 4 is 38.2 Å². The summed E-state index contributed by atoms with van der Waals surface area (Å²) in [6.07, 6.45) is 0.599. The number of rotatable bonds is 4. The fraction of sp³-hybridized carbons (Fsp3) is 0.0263. The third-order valence-electron chi connectivity index (χ3n) is 8.24. The van der Waals surface area contributed by atoms with Crippen molar-refractivity contribution < 1.29 is 0 Å². The molecule has 2 heterocycles. The van der Waals surface area contributed by atoms with Gasteiger partial charge in [0.1, 0.15) is 5.65 Å². The maximum atomic E-state index is 14.3. The number of nitriles is 1. The van der Waals surface area contributed by atoms with Crippen LogP contribution in [-0.2, 0) is 6.42 Å². The van der Waals surface area contributed by atoms with E-state index in [-0.39, 0.29) is 5.56 Å². The lowest BCUT2D eigenvalue weighted by Gasteiger charge is -2.16. The van der Waals surface area contributed by atoms with Gasteiger partial charge in [0.05, 0.1) is 22.7 Å². The van der Waals surface area contributed by atoms with Crippen molar-refractivity contribution in [3.05, 3.63) is 154 Å². The van der Waals surface area contributed by atoms with E-state index >= 15 is 0 Å². The molecule has 4 nitrogen and oxygen atoms in total. The van der Waals surface area contributed by atoms with Gasteiger partial charge in [0.15, 0.2) is 0 Å². The molecule has 0 saturated carbocycles. The lowest BCUT2D eigenvalue weighted by atomic mass is 9.88. The van der Waals surface area contributed by atoms with Crippen molar-refractivity contribution in [3.8, 4) is 28.3 Å². The van der Waals surface area contributed by atoms with Gasteiger partial charge in [-0.25, -0.2) is 4.98 Å². The standard InChI is InChI=1S/C38H23N3O/c39-23-28-21-33-34(22-27(28)20-24-10-4-1-5-11-24)41-37(40-33)31-18-16-29(25-12-6-2-7-13-25)35-30(26-14-8-3-9-15-26)17-19-32(36(31)35)38(41)42/h1-19,21-22H,20H2. The summed E-state index contributed by atoms with van der Waals surface area (Å²) in [5, 5.41) is 13.5. The first-order valence-electron chi connectivity index (χ1n) is 14.0. The molecule has 8 rings (SSSR count). The highest BCUT2D eigenvalue weighted by Crippen LogP contribution is 2.41. The van der Waals surface area contributed by atoms with Crippen LogP contribution in [0.4, 0.5) is 0 Å². The summed E-state index contributed by atoms with van der Waals surface area (Å²) in [5.41, 5.74) is 8.75. The molecular weight excluding hydrogens is 514 g/mol. The maximum absolute atomic E-state index is 14.3. The van der Waals surface area contributed by atoms with E-state index in [0.29, 0.717) is 28.5 Å². The van der Waals surface area contributed by atoms with Gasteiger partial charge in [-0.15, -0.1) is 0 Å². The minimum absolute atomic E-state index is 0.106. The topological polar surface area (TPSA) is 58.2 Å². The van der Waals surface area contributed by atoms with Gasteiger partial charge in [-0.2, -0.15) is 5.26 Å². The van der Waals surface area contributed by atoms with Crippen molar-refractivity contribution in [2.24, 2.45) is 0 Å². The van der Waals surface area contributed by atoms with E-state index in [1.807, 2.05) is 84.9 Å². The highest BCUT2D eigenvalue weighted by Gasteiger charge is 2.21. The fourth-order valence-corrected chi connectivity index (χ4v) is 6.32. The third-order valence-corrected chi connectivity index (χ3v) is 8.24. The minimum atomic E-state index is -0.106. The molecule has 2 aromatic heterocycles. The summed E-state index contributed by atoms with van der Waals surface area (Å²) < 4.78 is 1.73. The molecular formula is C38H23N3O. The Morgan fingerprint density at radius 3 is 1.88 bits per heavy atom. The highest BCUT2D eigenvalue weighted by molar-refractivity contribution is 6.23. The van der Waals surface area contributed by atoms with Gasteiger partial charge in [0.2, 0.25) is 0 Å². The quantitative estimate of drug-likeness (QED) is 0.227. The van der Waals surface area contributed by atoms with Gasteiger partial charge >= 0.3 is 0 Å². The monoisotopic (exact) mass is 537 g/mol. The number of aromatic nitrogens is 2. The first kappa shape index (κ1) is 24.0. The summed E-state index contributed by atoms with van der Waals surface area (Å²) in [6.45, 7) is 0. The zero-order valence-corrected chi connectivity index (χ0v) is 22.6. The summed E-state index contributed by atoms with van der Waals surface area (Å²) in [7, 11) is 0. The Morgan fingerprint density at radius 2 is 1.26 bits per heavy atom. The first-order valence-corrected chi connectivity index (χ1v) is 14.0. The van der Waals surface area contributed by atoms with Crippen molar-refractivity contribution in [1.29, 1.82) is 5.26 Å². The van der Waals surface area contributed by atoms with Crippen LogP contribution in [0.5, 0.6) is 0 Å². The Hall–Kier alpha value is -5.79. The number of pyridine rings is 1. The number of hydrogen-bond acceptors (Lipinski definition) is 3. The van der Waals surface area contributed by atoms with E-state index < -0.39 is 0 Å². The molecule has 0 spiro atoms. The number of hydrogen-bond donors (Lipinski definition) is 0. The molecule has 0 aliphatic carbocycles. The van der Waals surface area contributed by atoms with Crippen LogP contribution in [0.2, 0.25) is 0 Å². The normalized spacial score (nSPS) is 11.5. The van der Waals surface area contributed by atoms with Crippen LogP contribution in [0.3, 0.4) is 0 Å². The Kier molecular flexibility index (Phi) is 5.38. The van der Waals surface area contributed by atoms with Gasteiger partial charge in [-0.1, -0.05) is 103 Å². The second-order valence-electron chi connectivity index (χ2n) is 10.7. The zero-order valence-electron chi connectivity index (χ0n) is 22.6. The molecule has 0 unspecified atom stereocenters. The van der Waals surface area contributed by atoms with Gasteiger partial charge in [0, 0.05) is 16.2 Å². The molecule has 0 aliphatic heterocycles. The molecule has 0 atom stereocenters. The maximum Gasteiger partial charge on any atom is 0.264 e. The SMILES string of the molecule is N#Cc1cc2nc3c4ccc(-c5ccccc5)c5c(-c6ccccc6)ccc(c(=O)n3c2cc1Cc1ccccc1)c54. The number of fused-ring (bicyclic) bond motifs is 4. The first-order chi connectivity index (χ1) is 20.7. The molecule has 196 valence electrons. The van der Waals surface area contributed by atoms with Crippen LogP contribution in [0, 0.1) is 11.3 Å². The van der Waals surface area contributed by atoms with E-state index in [2.05, 4.69) is 48.5 Å². The highest BCUT2D eigenvalue weighted by atomic mass is 16.1. The van der Waals surface area contributed by atoms with Gasteiger partial charge in [0.25, 0.3) is 5.56 Å². The number of imidazole rings is 1. The van der Waals surface area contributed by atoms with Crippen LogP contribution in [0.15, 0.2) is 132 Å². The van der Waals surface area contributed by atoms with Gasteiger partial charge in [-0.3, -0.25) is 9.20 Å². The van der Waals surface area contributed by atoms with Gasteiger partial charge < -0.3 is 0 Å². The molecule has 6 aromatic carbocycles. The molecule has 0 bridgehead atoms. The van der Waals surface area contributed by atoms with Crippen molar-refractivity contribution in [3.63, 3.8) is 0 Å². The largest absolute Gasteiger partial charge is 0.268 e. The van der Waals surface area contributed by atoms with Crippen molar-refractivity contribution in [2.45, 2.75) is 6.42 Å². The van der Waals surface area contributed by atoms with Crippen LogP contribution >= 0.6 is 0 Å². The Balaban J connectivity index is 1.49. The molecule has 0 saturated heterocycles. The average molecular weight is 538 g/mol. The molecule has 4 heteroatoms. The Bertz CT molecular complexity index is 2340. The van der Waals surface area contributed by atoms with E-state index in [1.54, 1.807) is 4.40 Å². The van der Waals surface area contributed by atoms with Crippen LogP contribution in [0.1, 0.15) is 16.7 Å². The molecule has 0 N–H and O–H groups in total. The lowest BCUT2D eigenvalue weighted by molar-refractivity contribution is 1.16. The molecule has 0 radical (unpaired) electrons. The summed E-state index contributed by atoms with van der Waals surface area (Å²) >= 11 is 0. The lowest BCUT2D eigenvalue weighted by Crippen LogP contribution is -2.13. The summed E-state index contributed by atoms with van der Waals surface area (Å²) in [6, 6.07) is 45.1. The van der Waals surface area contributed by atoms with E-state index in [9.17, 15) is 10.1 Å². The van der Waals surface area contributed by atoms with Crippen LogP contribution in [0.25, 0.3) is 60.5 Å². The molecule has 0 aliphatic rings. The molecule has 8 aromatic rings. The summed E-state index contributed by atoms with van der Waals surface area (Å²) in [5.74, 6) is 0. The van der Waals surface area contributed by atoms with Crippen molar-refractivity contribution in [1.82, 2.24) is 9.38 Å². The van der Waals surface area contributed by atoms with Gasteiger partial charge in [-0.05, 0) is 69.5 Å². The van der Waals surface area contributed by atoms with E-state index in [1.165, 1.54) is 0 Å². The fourth-order valence-electron chi connectivity index (χ4n) is 6.32. The molecule has 0 amide bonds. The van der Waals surface area contributed by atoms with E-state index in [4.69, 9.17) is 4.98 Å². The second-order valence-corrected chi connectivity index (χ2v) is 10.7. The number of benzene rings is 6. The Morgan fingerprint density at radius 1 is 0.667 bits per heavy atom. The third kappa shape index (κ3) is 3.61. The van der Waals surface area contributed by atoms with Crippen LogP contribution in [-0.4, -0.2) is 9.38 Å². The minimum Gasteiger partial charge on any atom is -0.268 e. The predicted molar refractivity (Wildman–Crippen MR) is 170 cm³/mol. The second kappa shape index (κ2) is 9.40.